The van der Waals surface area contributed by atoms with Crippen molar-refractivity contribution in [3.05, 3.63) is 39.1 Å². The summed E-state index contributed by atoms with van der Waals surface area (Å²) in [5.41, 5.74) is 0.522. The number of aryl methyl sites for hydroxylation is 2. The van der Waals surface area contributed by atoms with E-state index in [0.717, 1.165) is 11.4 Å². The molecule has 142 valence electrons. The summed E-state index contributed by atoms with van der Waals surface area (Å²) in [6.45, 7) is 2.05. The van der Waals surface area contributed by atoms with Crippen molar-refractivity contribution in [3.63, 3.8) is 0 Å². The van der Waals surface area contributed by atoms with Gasteiger partial charge < -0.3 is 14.2 Å². The summed E-state index contributed by atoms with van der Waals surface area (Å²) >= 11 is 1.32. The van der Waals surface area contributed by atoms with Gasteiger partial charge in [-0.2, -0.15) is 15.4 Å². The average molecular weight is 388 g/mol. The van der Waals surface area contributed by atoms with E-state index in [0.29, 0.717) is 21.9 Å². The minimum Gasteiger partial charge on any atom is -0.493 e. The molecule has 0 spiro atoms. The fraction of sp³-hybridized carbons (Fsp3) is 0.333. The molecule has 9 heteroatoms. The van der Waals surface area contributed by atoms with Crippen LogP contribution in [0.2, 0.25) is 0 Å². The van der Waals surface area contributed by atoms with Crippen molar-refractivity contribution in [1.29, 1.82) is 5.26 Å². The van der Waals surface area contributed by atoms with Gasteiger partial charge in [0, 0.05) is 14.2 Å². The summed E-state index contributed by atoms with van der Waals surface area (Å²) in [6.07, 6.45) is 2.21. The molecular formula is C18H20N4O4S. The van der Waals surface area contributed by atoms with Crippen molar-refractivity contribution >= 4 is 23.3 Å². The van der Waals surface area contributed by atoms with E-state index in [4.69, 9.17) is 14.2 Å². The number of aromatic nitrogens is 2. The molecule has 0 aliphatic rings. The molecular weight excluding hydrogens is 368 g/mol. The highest BCUT2D eigenvalue weighted by Crippen LogP contribution is 2.29. The Balaban J connectivity index is 2.33. The molecule has 1 aromatic heterocycles. The fourth-order valence-electron chi connectivity index (χ4n) is 2.11. The highest BCUT2D eigenvalue weighted by Gasteiger charge is 2.11. The maximum absolute atomic E-state index is 12.4. The molecule has 0 aliphatic heterocycles. The summed E-state index contributed by atoms with van der Waals surface area (Å²) in [5, 5.41) is 14.5. The van der Waals surface area contributed by atoms with E-state index in [9.17, 15) is 10.1 Å². The SMILES string of the molecule is CCc1nn(C)c(=NC(=O)C(C#N)=Cc2ccc(OCOC)c(OC)c2)s1. The first-order valence-corrected chi connectivity index (χ1v) is 8.87. The topological polar surface area (TPSA) is 98.7 Å². The Bertz CT molecular complexity index is 953. The maximum Gasteiger partial charge on any atom is 0.290 e. The van der Waals surface area contributed by atoms with Gasteiger partial charge in [-0.1, -0.05) is 24.3 Å². The van der Waals surface area contributed by atoms with Crippen molar-refractivity contribution in [1.82, 2.24) is 9.78 Å². The Kier molecular flexibility index (Phi) is 7.28. The molecule has 0 unspecified atom stereocenters. The van der Waals surface area contributed by atoms with Crippen LogP contribution in [-0.2, 0) is 23.0 Å². The molecule has 0 saturated heterocycles. The second-order valence-electron chi connectivity index (χ2n) is 5.30. The number of rotatable bonds is 7. The largest absolute Gasteiger partial charge is 0.493 e. The Morgan fingerprint density at radius 2 is 2.19 bits per heavy atom. The van der Waals surface area contributed by atoms with Crippen molar-refractivity contribution in [3.8, 4) is 17.6 Å². The van der Waals surface area contributed by atoms with Gasteiger partial charge >= 0.3 is 0 Å². The van der Waals surface area contributed by atoms with Crippen LogP contribution in [0.5, 0.6) is 11.5 Å². The molecule has 1 aromatic carbocycles. The number of amides is 1. The molecule has 2 rings (SSSR count). The van der Waals surface area contributed by atoms with Crippen molar-refractivity contribution in [2.75, 3.05) is 21.0 Å². The zero-order valence-corrected chi connectivity index (χ0v) is 16.4. The normalized spacial score (nSPS) is 12.0. The van der Waals surface area contributed by atoms with Crippen LogP contribution in [0.15, 0.2) is 28.8 Å². The third-order valence-electron chi connectivity index (χ3n) is 3.43. The predicted molar refractivity (Wildman–Crippen MR) is 100 cm³/mol. The van der Waals surface area contributed by atoms with E-state index in [1.165, 1.54) is 36.3 Å². The Morgan fingerprint density at radius 1 is 1.41 bits per heavy atom. The van der Waals surface area contributed by atoms with E-state index in [1.54, 1.807) is 25.2 Å². The number of benzene rings is 1. The zero-order valence-electron chi connectivity index (χ0n) is 15.6. The molecule has 0 atom stereocenters. The maximum atomic E-state index is 12.4. The molecule has 8 nitrogen and oxygen atoms in total. The number of hydrogen-bond acceptors (Lipinski definition) is 7. The molecule has 0 radical (unpaired) electrons. The summed E-state index contributed by atoms with van der Waals surface area (Å²) in [4.78, 5) is 16.9. The van der Waals surface area contributed by atoms with Gasteiger partial charge in [-0.3, -0.25) is 4.79 Å². The van der Waals surface area contributed by atoms with E-state index < -0.39 is 5.91 Å². The van der Waals surface area contributed by atoms with Gasteiger partial charge in [0.2, 0.25) is 4.80 Å². The molecule has 0 fully saturated rings. The van der Waals surface area contributed by atoms with E-state index in [1.807, 2.05) is 13.0 Å². The molecule has 0 aliphatic carbocycles. The standard InChI is InChI=1S/C18H20N4O4S/c1-5-16-21-22(2)18(27-16)20-17(23)13(10-19)8-12-6-7-14(26-11-24-3)15(9-12)25-4/h6-9H,5,11H2,1-4H3. The van der Waals surface area contributed by atoms with Crippen LogP contribution < -0.4 is 14.3 Å². The number of carbonyl (C=O) groups is 1. The van der Waals surface area contributed by atoms with E-state index in [2.05, 4.69) is 10.1 Å². The predicted octanol–water partition coefficient (Wildman–Crippen LogP) is 2.07. The van der Waals surface area contributed by atoms with Gasteiger partial charge in [0.05, 0.1) is 7.11 Å². The van der Waals surface area contributed by atoms with Crippen LogP contribution in [0, 0.1) is 11.3 Å². The molecule has 0 saturated carbocycles. The first kappa shape index (κ1) is 20.4. The van der Waals surface area contributed by atoms with Gasteiger partial charge in [0.25, 0.3) is 5.91 Å². The quantitative estimate of drug-likeness (QED) is 0.409. The molecule has 2 aromatic rings. The first-order chi connectivity index (χ1) is 13.0. The molecule has 0 bridgehead atoms. The minimum absolute atomic E-state index is 0.0813. The smallest absolute Gasteiger partial charge is 0.290 e. The lowest BCUT2D eigenvalue weighted by Gasteiger charge is -2.10. The number of nitrogens with zero attached hydrogens (tertiary/aromatic N) is 4. The Labute approximate surface area is 160 Å². The molecule has 1 heterocycles. The van der Waals surface area contributed by atoms with Crippen molar-refractivity contribution in [2.24, 2.45) is 12.0 Å². The summed E-state index contributed by atoms with van der Waals surface area (Å²) < 4.78 is 17.1. The van der Waals surface area contributed by atoms with Gasteiger partial charge in [-0.15, -0.1) is 0 Å². The lowest BCUT2D eigenvalue weighted by molar-refractivity contribution is -0.114. The van der Waals surface area contributed by atoms with Crippen LogP contribution in [-0.4, -0.2) is 36.7 Å². The van der Waals surface area contributed by atoms with Crippen LogP contribution in [0.4, 0.5) is 0 Å². The lowest BCUT2D eigenvalue weighted by atomic mass is 10.1. The Morgan fingerprint density at radius 3 is 2.78 bits per heavy atom. The van der Waals surface area contributed by atoms with Gasteiger partial charge in [-0.25, -0.2) is 4.68 Å². The number of nitriles is 1. The number of carbonyl (C=O) groups excluding carboxylic acids is 1. The highest BCUT2D eigenvalue weighted by molar-refractivity contribution is 7.08. The molecule has 1 amide bonds. The van der Waals surface area contributed by atoms with Crippen LogP contribution in [0.25, 0.3) is 6.08 Å². The zero-order chi connectivity index (χ0) is 19.8. The van der Waals surface area contributed by atoms with Crippen LogP contribution in [0.1, 0.15) is 17.5 Å². The average Bonchev–Trinajstić information content (AvgIpc) is 3.04. The van der Waals surface area contributed by atoms with Gasteiger partial charge in [0.1, 0.15) is 16.6 Å². The third-order valence-corrected chi connectivity index (χ3v) is 4.57. The van der Waals surface area contributed by atoms with Crippen molar-refractivity contribution in [2.45, 2.75) is 13.3 Å². The molecule has 0 N–H and O–H groups in total. The number of hydrogen-bond donors (Lipinski definition) is 0. The minimum atomic E-state index is -0.627. The number of methoxy groups -OCH3 is 2. The van der Waals surface area contributed by atoms with Crippen molar-refractivity contribution < 1.29 is 19.0 Å². The summed E-state index contributed by atoms with van der Waals surface area (Å²) in [5.74, 6) is 0.330. The second kappa shape index (κ2) is 9.66. The summed E-state index contributed by atoms with van der Waals surface area (Å²) in [7, 11) is 4.73. The Hall–Kier alpha value is -2.96. The van der Waals surface area contributed by atoms with Crippen LogP contribution >= 0.6 is 11.3 Å². The fourth-order valence-corrected chi connectivity index (χ4v) is 2.93. The van der Waals surface area contributed by atoms with Gasteiger partial charge in [0.15, 0.2) is 18.3 Å². The highest BCUT2D eigenvalue weighted by atomic mass is 32.1. The van der Waals surface area contributed by atoms with Crippen LogP contribution in [0.3, 0.4) is 0 Å². The summed E-state index contributed by atoms with van der Waals surface area (Å²) in [6, 6.07) is 6.95. The van der Waals surface area contributed by atoms with Gasteiger partial charge in [-0.05, 0) is 30.2 Å². The monoisotopic (exact) mass is 388 g/mol. The number of ether oxygens (including phenoxy) is 3. The van der Waals surface area contributed by atoms with E-state index in [-0.39, 0.29) is 12.4 Å². The molecule has 27 heavy (non-hydrogen) atoms. The first-order valence-electron chi connectivity index (χ1n) is 8.06. The lowest BCUT2D eigenvalue weighted by Crippen LogP contribution is -2.15. The van der Waals surface area contributed by atoms with E-state index >= 15 is 0 Å². The third kappa shape index (κ3) is 5.26. The second-order valence-corrected chi connectivity index (χ2v) is 6.34.